The minimum Gasteiger partial charge on any atom is -0.383 e. The third-order valence-corrected chi connectivity index (χ3v) is 9.96. The highest BCUT2D eigenvalue weighted by Crippen LogP contribution is 2.57. The molecule has 5 unspecified atom stereocenters. The molecule has 0 aliphatic heterocycles. The minimum atomic E-state index is -5.00. The number of alkyl halides is 6. The Kier molecular flexibility index (Phi) is 26.8. The maximum absolute atomic E-state index is 11.6. The van der Waals surface area contributed by atoms with Crippen LogP contribution in [0.25, 0.3) is 0 Å². The van der Waals surface area contributed by atoms with Gasteiger partial charge in [0.25, 0.3) is 7.37 Å². The van der Waals surface area contributed by atoms with Crippen LogP contribution in [0.5, 0.6) is 0 Å². The van der Waals surface area contributed by atoms with E-state index >= 15 is 0 Å². The second-order valence-corrected chi connectivity index (χ2v) is 17.3. The Morgan fingerprint density at radius 1 is 0.744 bits per heavy atom. The highest BCUT2D eigenvalue weighted by molar-refractivity contribution is 7.59. The molecule has 0 bridgehead atoms. The Hall–Kier alpha value is 0.140. The van der Waals surface area contributed by atoms with E-state index < -0.39 is 60.0 Å². The number of hydrogen-bond acceptors (Lipinski definition) is 9. The van der Waals surface area contributed by atoms with Crippen LogP contribution in [0.15, 0.2) is 0 Å². The number of nitrogens with two attached hydrogens (primary N) is 4. The molecule has 0 fully saturated rings. The normalized spacial score (nSPS) is 18.3. The van der Waals surface area contributed by atoms with E-state index in [1.165, 1.54) is 0 Å². The predicted molar refractivity (Wildman–Crippen MR) is 139 cm³/mol. The maximum Gasteiger partial charge on any atom is 0.465 e. The van der Waals surface area contributed by atoms with E-state index in [-0.39, 0.29) is 51.2 Å². The van der Waals surface area contributed by atoms with Crippen LogP contribution >= 0.6 is 29.5 Å². The molecular formula is C16H42F6N4O9P4. The summed E-state index contributed by atoms with van der Waals surface area (Å²) in [5, 5.41) is 8.79. The Balaban J connectivity index is -0.000000210. The summed E-state index contributed by atoms with van der Waals surface area (Å²) in [7, 11) is -15.9. The highest BCUT2D eigenvalue weighted by Gasteiger charge is 2.49. The summed E-state index contributed by atoms with van der Waals surface area (Å²) >= 11 is 0. The van der Waals surface area contributed by atoms with Crippen molar-refractivity contribution in [2.75, 3.05) is 57.7 Å². The lowest BCUT2D eigenvalue weighted by Gasteiger charge is -2.13. The second-order valence-electron chi connectivity index (χ2n) is 7.77. The first-order chi connectivity index (χ1) is 17.4. The van der Waals surface area contributed by atoms with Crippen LogP contribution in [0.3, 0.4) is 0 Å². The van der Waals surface area contributed by atoms with Crippen molar-refractivity contribution < 1.29 is 69.3 Å². The van der Waals surface area contributed by atoms with Gasteiger partial charge in [-0.1, -0.05) is 0 Å². The molecule has 5 atom stereocenters. The molecule has 23 heteroatoms. The second kappa shape index (κ2) is 22.7. The lowest BCUT2D eigenvalue weighted by atomic mass is 10.5. The van der Waals surface area contributed by atoms with Crippen molar-refractivity contribution in [3.8, 4) is 0 Å². The van der Waals surface area contributed by atoms with E-state index in [4.69, 9.17) is 47.6 Å². The zero-order valence-electron chi connectivity index (χ0n) is 21.4. The van der Waals surface area contributed by atoms with E-state index in [0.717, 1.165) is 6.66 Å². The minimum absolute atomic E-state index is 0. The summed E-state index contributed by atoms with van der Waals surface area (Å²) in [5.74, 6) is -6.15. The van der Waals surface area contributed by atoms with E-state index in [9.17, 15) is 44.6 Å². The zero-order valence-corrected chi connectivity index (χ0v) is 25.0. The first kappa shape index (κ1) is 46.1. The Morgan fingerprint density at radius 3 is 1.38 bits per heavy atom. The molecule has 0 aliphatic carbocycles. The van der Waals surface area contributed by atoms with Crippen LogP contribution in [-0.4, -0.2) is 100 Å². The molecule has 0 aliphatic rings. The summed E-state index contributed by atoms with van der Waals surface area (Å²) in [6.07, 6.45) is -4.76. The van der Waals surface area contributed by atoms with Gasteiger partial charge < -0.3 is 47.6 Å². The van der Waals surface area contributed by atoms with Crippen molar-refractivity contribution in [3.63, 3.8) is 0 Å². The average molecular weight is 672 g/mol. The van der Waals surface area contributed by atoms with Gasteiger partial charge in [0.1, 0.15) is 5.85 Å². The molecule has 0 aromatic rings. The molecule has 0 aromatic heterocycles. The van der Waals surface area contributed by atoms with Crippen LogP contribution in [0.2, 0.25) is 0 Å². The van der Waals surface area contributed by atoms with Gasteiger partial charge >= 0.3 is 19.5 Å². The van der Waals surface area contributed by atoms with Gasteiger partial charge in [-0.25, -0.2) is 4.39 Å². The van der Waals surface area contributed by atoms with E-state index in [0.29, 0.717) is 13.0 Å². The molecule has 0 amide bonds. The maximum atomic E-state index is 11.6. The molecule has 13 N–H and O–H groups in total. The summed E-state index contributed by atoms with van der Waals surface area (Å²) in [6.45, 7) is 1.84. The SMILES string of the molecule is CP(=O)(O)C(O)CCN.NCCCP(=O)(O)C(F)(F)F.NCCCP(=O)(O)C(F)F.NCCCP(=O)(O)CF. The summed E-state index contributed by atoms with van der Waals surface area (Å²) in [6, 6.07) is 0. The third kappa shape index (κ3) is 28.1. The fraction of sp³-hybridized carbons (Fsp3) is 1.00. The lowest BCUT2D eigenvalue weighted by Crippen LogP contribution is -2.13. The number of halogens is 6. The van der Waals surface area contributed by atoms with E-state index in [2.05, 4.69) is 0 Å². The van der Waals surface area contributed by atoms with Crippen molar-refractivity contribution in [2.45, 2.75) is 43.6 Å². The molecule has 0 saturated carbocycles. The molecule has 242 valence electrons. The van der Waals surface area contributed by atoms with Crippen LogP contribution < -0.4 is 22.9 Å². The van der Waals surface area contributed by atoms with Gasteiger partial charge in [-0.3, -0.25) is 18.3 Å². The molecule has 0 aromatic carbocycles. The first-order valence-corrected chi connectivity index (χ1v) is 19.0. The molecular weight excluding hydrogens is 630 g/mol. The summed E-state index contributed by atoms with van der Waals surface area (Å²) in [4.78, 5) is 34.1. The van der Waals surface area contributed by atoms with Crippen LogP contribution in [0.4, 0.5) is 26.3 Å². The highest BCUT2D eigenvalue weighted by atomic mass is 31.2. The van der Waals surface area contributed by atoms with Crippen molar-refractivity contribution in [1.29, 1.82) is 0 Å². The van der Waals surface area contributed by atoms with Crippen molar-refractivity contribution in [2.24, 2.45) is 22.9 Å². The van der Waals surface area contributed by atoms with Gasteiger partial charge in [0.05, 0.1) is 0 Å². The number of aliphatic hydroxyl groups excluding tert-OH is 1. The Labute approximate surface area is 223 Å². The standard InChI is InChI=1S/C4H9F3NO2P.C4H10F2NO2P.C4H11FNO2P.C4H12NO3P/c5-4(6,7)11(9,10)3-1-2-8;5-4(6)10(8,9)3-1-2-7;5-4-9(7,8)3-1-2-6;1-9(7,8)4(6)2-3-5/h1-3,8H2,(H,9,10);4H,1-3,7H2,(H,8,9);1-4,6H2,(H,7,8);4,6H,2-3,5H2,1H3,(H,7,8). The number of rotatable bonds is 14. The first-order valence-electron chi connectivity index (χ1n) is 11.1. The monoisotopic (exact) mass is 672 g/mol. The molecule has 0 radical (unpaired) electrons. The lowest BCUT2D eigenvalue weighted by molar-refractivity contribution is -0.0552. The van der Waals surface area contributed by atoms with Crippen molar-refractivity contribution in [1.82, 2.24) is 0 Å². The third-order valence-electron chi connectivity index (χ3n) is 3.93. The molecule has 0 heterocycles. The summed E-state index contributed by atoms with van der Waals surface area (Å²) < 4.78 is 111. The Bertz CT molecular complexity index is 801. The Morgan fingerprint density at radius 2 is 1.13 bits per heavy atom. The van der Waals surface area contributed by atoms with E-state index in [1.54, 1.807) is 0 Å². The van der Waals surface area contributed by atoms with Gasteiger partial charge in [0, 0.05) is 25.2 Å². The van der Waals surface area contributed by atoms with Crippen molar-refractivity contribution >= 4 is 29.5 Å². The van der Waals surface area contributed by atoms with Crippen molar-refractivity contribution in [3.05, 3.63) is 0 Å². The average Bonchev–Trinajstić information content (AvgIpc) is 2.80. The topological polar surface area (TPSA) is 274 Å². The van der Waals surface area contributed by atoms with Gasteiger partial charge in [-0.05, 0) is 51.9 Å². The van der Waals surface area contributed by atoms with Gasteiger partial charge in [0.15, 0.2) is 6.42 Å². The number of aliphatic hydroxyl groups is 1. The van der Waals surface area contributed by atoms with Gasteiger partial charge in [0.2, 0.25) is 14.7 Å². The van der Waals surface area contributed by atoms with Gasteiger partial charge in [-0.2, -0.15) is 22.0 Å². The quantitative estimate of drug-likeness (QED) is 0.0945. The largest absolute Gasteiger partial charge is 0.465 e. The van der Waals surface area contributed by atoms with Crippen LogP contribution in [0, 0.1) is 0 Å². The fourth-order valence-corrected chi connectivity index (χ4v) is 4.75. The summed E-state index contributed by atoms with van der Waals surface area (Å²) in [5.41, 5.74) is 19.9. The zero-order chi connectivity index (χ0) is 32.1. The molecule has 39 heavy (non-hydrogen) atoms. The molecule has 0 spiro atoms. The van der Waals surface area contributed by atoms with Crippen LogP contribution in [0.1, 0.15) is 25.7 Å². The van der Waals surface area contributed by atoms with Crippen LogP contribution in [-0.2, 0) is 18.3 Å². The van der Waals surface area contributed by atoms with E-state index in [1.807, 2.05) is 0 Å². The molecule has 13 nitrogen and oxygen atoms in total. The molecule has 0 rings (SSSR count). The predicted octanol–water partition coefficient (Wildman–Crippen LogP) is 2.04. The van der Waals surface area contributed by atoms with Gasteiger partial charge in [-0.15, -0.1) is 0 Å². The fourth-order valence-electron chi connectivity index (χ4n) is 1.63. The smallest absolute Gasteiger partial charge is 0.383 e. The number of hydrogen-bond donors (Lipinski definition) is 9. The molecule has 0 saturated heterocycles.